The number of thiophene rings is 1. The average molecular weight is 331 g/mol. The molecule has 1 aromatic carbocycles. The van der Waals surface area contributed by atoms with Crippen LogP contribution in [0.2, 0.25) is 5.02 Å². The van der Waals surface area contributed by atoms with Gasteiger partial charge in [0, 0.05) is 15.5 Å². The standard InChI is InChI=1S/C13H13BrClNS/c1-16-13(10-4-5-17-8-10)6-9-2-3-11(14)7-12(9)15/h2-5,7-8,13,16H,6H2,1H3. The van der Waals surface area contributed by atoms with Crippen molar-refractivity contribution >= 4 is 38.9 Å². The molecule has 0 aliphatic rings. The highest BCUT2D eigenvalue weighted by Crippen LogP contribution is 2.27. The molecule has 0 amide bonds. The quantitative estimate of drug-likeness (QED) is 0.859. The van der Waals surface area contributed by atoms with Crippen molar-refractivity contribution in [2.75, 3.05) is 7.05 Å². The summed E-state index contributed by atoms with van der Waals surface area (Å²) in [4.78, 5) is 0. The number of nitrogens with one attached hydrogen (secondary N) is 1. The molecule has 0 bridgehead atoms. The Hall–Kier alpha value is -0.350. The number of hydrogen-bond donors (Lipinski definition) is 1. The molecule has 2 rings (SSSR count). The van der Waals surface area contributed by atoms with E-state index in [2.05, 4.69) is 44.1 Å². The summed E-state index contributed by atoms with van der Waals surface area (Å²) in [6.07, 6.45) is 0.902. The SMILES string of the molecule is CNC(Cc1ccc(Br)cc1Cl)c1ccsc1. The Labute approximate surface area is 119 Å². The summed E-state index contributed by atoms with van der Waals surface area (Å²) in [5.74, 6) is 0. The van der Waals surface area contributed by atoms with Gasteiger partial charge in [-0.1, -0.05) is 33.6 Å². The van der Waals surface area contributed by atoms with Gasteiger partial charge in [0.05, 0.1) is 0 Å². The molecule has 1 nitrogen and oxygen atoms in total. The van der Waals surface area contributed by atoms with Gasteiger partial charge in [0.25, 0.3) is 0 Å². The van der Waals surface area contributed by atoms with Crippen LogP contribution in [0.5, 0.6) is 0 Å². The van der Waals surface area contributed by atoms with Crippen LogP contribution in [0, 0.1) is 0 Å². The van der Waals surface area contributed by atoms with Gasteiger partial charge in [0.1, 0.15) is 0 Å². The van der Waals surface area contributed by atoms with Crippen molar-refractivity contribution in [2.24, 2.45) is 0 Å². The first-order chi connectivity index (χ1) is 8.20. The molecular weight excluding hydrogens is 318 g/mol. The summed E-state index contributed by atoms with van der Waals surface area (Å²) in [6, 6.07) is 8.51. The fourth-order valence-corrected chi connectivity index (χ4v) is 3.23. The monoisotopic (exact) mass is 329 g/mol. The molecule has 0 aliphatic heterocycles. The number of halogens is 2. The zero-order valence-electron chi connectivity index (χ0n) is 9.41. The molecule has 2 aromatic rings. The third kappa shape index (κ3) is 3.32. The molecule has 4 heteroatoms. The third-order valence-electron chi connectivity index (χ3n) is 2.73. The maximum atomic E-state index is 6.24. The molecule has 1 N–H and O–H groups in total. The summed E-state index contributed by atoms with van der Waals surface area (Å²) in [7, 11) is 1.98. The fraction of sp³-hybridized carbons (Fsp3) is 0.231. The average Bonchev–Trinajstić information content (AvgIpc) is 2.81. The zero-order chi connectivity index (χ0) is 12.3. The van der Waals surface area contributed by atoms with E-state index in [1.165, 1.54) is 11.1 Å². The number of likely N-dealkylation sites (N-methyl/N-ethyl adjacent to an activating group) is 1. The third-order valence-corrected chi connectivity index (χ3v) is 4.28. The van der Waals surface area contributed by atoms with Crippen LogP contribution >= 0.6 is 38.9 Å². The van der Waals surface area contributed by atoms with Gasteiger partial charge in [-0.2, -0.15) is 11.3 Å². The van der Waals surface area contributed by atoms with Crippen LogP contribution in [0.1, 0.15) is 17.2 Å². The van der Waals surface area contributed by atoms with Gasteiger partial charge in [-0.05, 0) is 53.6 Å². The lowest BCUT2D eigenvalue weighted by Crippen LogP contribution is -2.18. The number of rotatable bonds is 4. The van der Waals surface area contributed by atoms with E-state index in [1.54, 1.807) is 11.3 Å². The van der Waals surface area contributed by atoms with Crippen LogP contribution in [-0.4, -0.2) is 7.05 Å². The Kier molecular flexibility index (Phi) is 4.62. The van der Waals surface area contributed by atoms with E-state index in [-0.39, 0.29) is 0 Å². The van der Waals surface area contributed by atoms with Gasteiger partial charge in [-0.3, -0.25) is 0 Å². The molecule has 0 saturated carbocycles. The largest absolute Gasteiger partial charge is 0.313 e. The van der Waals surface area contributed by atoms with E-state index in [4.69, 9.17) is 11.6 Å². The van der Waals surface area contributed by atoms with Gasteiger partial charge in [0.15, 0.2) is 0 Å². The maximum absolute atomic E-state index is 6.24. The first kappa shape index (κ1) is 13.1. The van der Waals surface area contributed by atoms with Crippen molar-refractivity contribution in [3.05, 3.63) is 55.6 Å². The molecule has 1 atom stereocenters. The highest BCUT2D eigenvalue weighted by molar-refractivity contribution is 9.10. The van der Waals surface area contributed by atoms with E-state index in [0.717, 1.165) is 15.9 Å². The Morgan fingerprint density at radius 1 is 1.41 bits per heavy atom. The van der Waals surface area contributed by atoms with E-state index in [1.807, 2.05) is 19.2 Å². The predicted octanol–water partition coefficient (Wildman–Crippen LogP) is 4.67. The Balaban J connectivity index is 2.19. The molecule has 1 unspecified atom stereocenters. The number of hydrogen-bond acceptors (Lipinski definition) is 2. The van der Waals surface area contributed by atoms with Crippen molar-refractivity contribution in [3.63, 3.8) is 0 Å². The maximum Gasteiger partial charge on any atom is 0.0449 e. The van der Waals surface area contributed by atoms with Crippen molar-refractivity contribution in [1.29, 1.82) is 0 Å². The van der Waals surface area contributed by atoms with Gasteiger partial charge < -0.3 is 5.32 Å². The molecule has 90 valence electrons. The fourth-order valence-electron chi connectivity index (χ4n) is 1.77. The molecule has 0 saturated heterocycles. The van der Waals surface area contributed by atoms with Crippen molar-refractivity contribution in [1.82, 2.24) is 5.32 Å². The lowest BCUT2D eigenvalue weighted by atomic mass is 10.0. The topological polar surface area (TPSA) is 12.0 Å². The summed E-state index contributed by atoms with van der Waals surface area (Å²) >= 11 is 11.4. The highest BCUT2D eigenvalue weighted by atomic mass is 79.9. The Morgan fingerprint density at radius 2 is 2.24 bits per heavy atom. The summed E-state index contributed by atoms with van der Waals surface area (Å²) in [5, 5.41) is 8.42. The first-order valence-corrected chi connectivity index (χ1v) is 7.45. The predicted molar refractivity (Wildman–Crippen MR) is 79.0 cm³/mol. The molecule has 1 aromatic heterocycles. The summed E-state index contributed by atoms with van der Waals surface area (Å²) < 4.78 is 1.02. The molecule has 0 radical (unpaired) electrons. The molecule has 1 heterocycles. The van der Waals surface area contributed by atoms with E-state index in [9.17, 15) is 0 Å². The number of benzene rings is 1. The van der Waals surface area contributed by atoms with E-state index < -0.39 is 0 Å². The van der Waals surface area contributed by atoms with Gasteiger partial charge >= 0.3 is 0 Å². The van der Waals surface area contributed by atoms with Crippen LogP contribution in [0.15, 0.2) is 39.5 Å². The second-order valence-corrected chi connectivity index (χ2v) is 5.94. The molecule has 0 aliphatic carbocycles. The summed E-state index contributed by atoms with van der Waals surface area (Å²) in [5.41, 5.74) is 2.48. The highest BCUT2D eigenvalue weighted by Gasteiger charge is 2.12. The minimum Gasteiger partial charge on any atom is -0.313 e. The molecule has 0 spiro atoms. The van der Waals surface area contributed by atoms with Crippen molar-refractivity contribution < 1.29 is 0 Å². The first-order valence-electron chi connectivity index (χ1n) is 5.34. The second kappa shape index (κ2) is 6.01. The Morgan fingerprint density at radius 3 is 2.82 bits per heavy atom. The van der Waals surface area contributed by atoms with Crippen LogP contribution in [0.25, 0.3) is 0 Å². The molecular formula is C13H13BrClNS. The minimum absolute atomic E-state index is 0.319. The lowest BCUT2D eigenvalue weighted by molar-refractivity contribution is 0.594. The van der Waals surface area contributed by atoms with Crippen LogP contribution < -0.4 is 5.32 Å². The lowest BCUT2D eigenvalue weighted by Gasteiger charge is -2.16. The summed E-state index contributed by atoms with van der Waals surface area (Å²) in [6.45, 7) is 0. The molecule has 0 fully saturated rings. The van der Waals surface area contributed by atoms with Crippen LogP contribution in [0.4, 0.5) is 0 Å². The normalized spacial score (nSPS) is 12.6. The van der Waals surface area contributed by atoms with Gasteiger partial charge in [0.2, 0.25) is 0 Å². The van der Waals surface area contributed by atoms with Crippen LogP contribution in [0.3, 0.4) is 0 Å². The van der Waals surface area contributed by atoms with Gasteiger partial charge in [-0.25, -0.2) is 0 Å². The zero-order valence-corrected chi connectivity index (χ0v) is 12.6. The second-order valence-electron chi connectivity index (χ2n) is 3.84. The van der Waals surface area contributed by atoms with Crippen molar-refractivity contribution in [2.45, 2.75) is 12.5 Å². The van der Waals surface area contributed by atoms with E-state index in [0.29, 0.717) is 6.04 Å². The van der Waals surface area contributed by atoms with E-state index >= 15 is 0 Å². The van der Waals surface area contributed by atoms with Crippen molar-refractivity contribution in [3.8, 4) is 0 Å². The van der Waals surface area contributed by atoms with Crippen LogP contribution in [-0.2, 0) is 6.42 Å². The minimum atomic E-state index is 0.319. The molecule has 17 heavy (non-hydrogen) atoms. The van der Waals surface area contributed by atoms with Gasteiger partial charge in [-0.15, -0.1) is 0 Å². The smallest absolute Gasteiger partial charge is 0.0449 e. The Bertz CT molecular complexity index is 484.